The fraction of sp³-hybridized carbons (Fsp3) is 0.300. The van der Waals surface area contributed by atoms with Gasteiger partial charge in [-0.25, -0.2) is 0 Å². The maximum Gasteiger partial charge on any atom is 0.133 e. The van der Waals surface area contributed by atoms with Crippen molar-refractivity contribution < 1.29 is 0 Å². The zero-order valence-electron chi connectivity index (χ0n) is 7.08. The average Bonchev–Trinajstić information content (AvgIpc) is 2.09. The van der Waals surface area contributed by atoms with E-state index in [1.165, 1.54) is 22.9 Å². The summed E-state index contributed by atoms with van der Waals surface area (Å²) >= 11 is 1.31. The summed E-state index contributed by atoms with van der Waals surface area (Å²) < 4.78 is 0. The van der Waals surface area contributed by atoms with Crippen molar-refractivity contribution in [1.29, 1.82) is 5.26 Å². The molecule has 62 valence electrons. The van der Waals surface area contributed by atoms with E-state index in [4.69, 9.17) is 5.26 Å². The molecule has 1 aromatic rings. The van der Waals surface area contributed by atoms with Gasteiger partial charge in [0.05, 0.1) is 0 Å². The molecule has 0 amide bonds. The van der Waals surface area contributed by atoms with E-state index in [9.17, 15) is 0 Å². The van der Waals surface area contributed by atoms with Gasteiger partial charge >= 0.3 is 0 Å². The number of aryl methyl sites for hydroxylation is 2. The Morgan fingerprint density at radius 1 is 1.33 bits per heavy atom. The Kier molecular flexibility index (Phi) is 3.69. The topological polar surface area (TPSA) is 23.8 Å². The Morgan fingerprint density at radius 3 is 2.58 bits per heavy atom. The van der Waals surface area contributed by atoms with E-state index in [0.29, 0.717) is 0 Å². The van der Waals surface area contributed by atoms with E-state index in [-0.39, 0.29) is 0 Å². The van der Waals surface area contributed by atoms with Crippen LogP contribution in [0.15, 0.2) is 24.3 Å². The number of nitrogens with zero attached hydrogens (tertiary/aromatic N) is 1. The third-order valence-electron chi connectivity index (χ3n) is 1.68. The third-order valence-corrected chi connectivity index (χ3v) is 2.22. The van der Waals surface area contributed by atoms with Crippen LogP contribution in [-0.4, -0.2) is 5.75 Å². The quantitative estimate of drug-likeness (QED) is 0.523. The molecule has 0 heterocycles. The maximum atomic E-state index is 8.30. The number of rotatable bonds is 3. The lowest BCUT2D eigenvalue weighted by Gasteiger charge is -1.98. The van der Waals surface area contributed by atoms with Gasteiger partial charge in [0, 0.05) is 5.75 Å². The van der Waals surface area contributed by atoms with Gasteiger partial charge in [-0.2, -0.15) is 5.26 Å². The normalized spacial score (nSPS) is 9.33. The summed E-state index contributed by atoms with van der Waals surface area (Å²) in [6.45, 7) is 2.08. The first kappa shape index (κ1) is 9.15. The summed E-state index contributed by atoms with van der Waals surface area (Å²) in [5, 5.41) is 10.4. The minimum atomic E-state index is 0.888. The van der Waals surface area contributed by atoms with Crippen LogP contribution in [0, 0.1) is 17.6 Å². The molecule has 0 fully saturated rings. The van der Waals surface area contributed by atoms with Crippen molar-refractivity contribution in [3.63, 3.8) is 0 Å². The lowest BCUT2D eigenvalue weighted by atomic mass is 10.1. The second-order valence-corrected chi connectivity index (χ2v) is 3.55. The van der Waals surface area contributed by atoms with Gasteiger partial charge < -0.3 is 0 Å². The molecule has 0 aliphatic rings. The third kappa shape index (κ3) is 2.98. The fourth-order valence-electron chi connectivity index (χ4n) is 0.969. The Balaban J connectivity index is 2.43. The first-order chi connectivity index (χ1) is 5.83. The standard InChI is InChI=1S/C10H11NS/c1-9-2-4-10(5-3-9)6-7-12-8-11/h2-5H,6-7H2,1H3. The molecule has 0 bridgehead atoms. The lowest BCUT2D eigenvalue weighted by molar-refractivity contribution is 1.15. The maximum absolute atomic E-state index is 8.30. The molecule has 0 aliphatic heterocycles. The van der Waals surface area contributed by atoms with Gasteiger partial charge in [0.25, 0.3) is 0 Å². The minimum Gasteiger partial charge on any atom is -0.185 e. The van der Waals surface area contributed by atoms with Crippen molar-refractivity contribution in [2.24, 2.45) is 0 Å². The lowest BCUT2D eigenvalue weighted by Crippen LogP contribution is -1.86. The minimum absolute atomic E-state index is 0.888. The van der Waals surface area contributed by atoms with Gasteiger partial charge in [0.15, 0.2) is 0 Å². The second-order valence-electron chi connectivity index (χ2n) is 2.68. The number of benzene rings is 1. The van der Waals surface area contributed by atoms with Gasteiger partial charge in [-0.1, -0.05) is 29.8 Å². The molecule has 0 saturated carbocycles. The van der Waals surface area contributed by atoms with Crippen LogP contribution in [0.1, 0.15) is 11.1 Å². The summed E-state index contributed by atoms with van der Waals surface area (Å²) in [4.78, 5) is 0. The van der Waals surface area contributed by atoms with Crippen LogP contribution in [0.5, 0.6) is 0 Å². The second kappa shape index (κ2) is 4.84. The van der Waals surface area contributed by atoms with Crippen molar-refractivity contribution in [3.05, 3.63) is 35.4 Å². The first-order valence-electron chi connectivity index (χ1n) is 3.89. The Labute approximate surface area is 77.4 Å². The van der Waals surface area contributed by atoms with E-state index < -0.39 is 0 Å². The first-order valence-corrected chi connectivity index (χ1v) is 4.88. The van der Waals surface area contributed by atoms with Crippen LogP contribution in [0.4, 0.5) is 0 Å². The molecule has 0 spiro atoms. The van der Waals surface area contributed by atoms with E-state index >= 15 is 0 Å². The predicted octanol–water partition coefficient (Wildman–Crippen LogP) is 2.75. The number of hydrogen-bond donors (Lipinski definition) is 0. The van der Waals surface area contributed by atoms with Crippen LogP contribution in [0.2, 0.25) is 0 Å². The van der Waals surface area contributed by atoms with Gasteiger partial charge in [0.1, 0.15) is 5.40 Å². The molecule has 1 rings (SSSR count). The molecule has 0 atom stereocenters. The molecular formula is C10H11NS. The van der Waals surface area contributed by atoms with E-state index in [1.807, 2.05) is 0 Å². The van der Waals surface area contributed by atoms with Gasteiger partial charge in [-0.05, 0) is 30.7 Å². The Hall–Kier alpha value is -0.940. The highest BCUT2D eigenvalue weighted by Crippen LogP contribution is 2.07. The molecule has 12 heavy (non-hydrogen) atoms. The number of thioether (sulfide) groups is 1. The highest BCUT2D eigenvalue weighted by Gasteiger charge is 1.91. The van der Waals surface area contributed by atoms with E-state index in [0.717, 1.165) is 12.2 Å². The smallest absolute Gasteiger partial charge is 0.133 e. The SMILES string of the molecule is Cc1ccc(CCSC#N)cc1. The number of hydrogen-bond acceptors (Lipinski definition) is 2. The highest BCUT2D eigenvalue weighted by molar-refractivity contribution is 8.03. The van der Waals surface area contributed by atoms with Crippen molar-refractivity contribution in [1.82, 2.24) is 0 Å². The van der Waals surface area contributed by atoms with Gasteiger partial charge in [-0.15, -0.1) is 0 Å². The molecular weight excluding hydrogens is 166 g/mol. The molecule has 0 unspecified atom stereocenters. The van der Waals surface area contributed by atoms with E-state index in [2.05, 4.69) is 36.6 Å². The molecule has 0 N–H and O–H groups in total. The fourth-order valence-corrected chi connectivity index (χ4v) is 1.40. The molecule has 0 aromatic heterocycles. The Morgan fingerprint density at radius 2 is 2.00 bits per heavy atom. The summed E-state index contributed by atoms with van der Waals surface area (Å²) in [6.07, 6.45) is 0.985. The van der Waals surface area contributed by atoms with Crippen molar-refractivity contribution >= 4 is 11.8 Å². The van der Waals surface area contributed by atoms with Crippen molar-refractivity contribution in [2.75, 3.05) is 5.75 Å². The zero-order valence-corrected chi connectivity index (χ0v) is 7.90. The zero-order chi connectivity index (χ0) is 8.81. The summed E-state index contributed by atoms with van der Waals surface area (Å²) in [6, 6.07) is 8.44. The molecule has 0 saturated heterocycles. The van der Waals surface area contributed by atoms with Crippen molar-refractivity contribution in [2.45, 2.75) is 13.3 Å². The van der Waals surface area contributed by atoms with Crippen LogP contribution >= 0.6 is 11.8 Å². The van der Waals surface area contributed by atoms with Crippen molar-refractivity contribution in [3.8, 4) is 5.40 Å². The summed E-state index contributed by atoms with van der Waals surface area (Å²) in [5.74, 6) is 0.888. The number of nitriles is 1. The van der Waals surface area contributed by atoms with Gasteiger partial charge in [-0.3, -0.25) is 0 Å². The molecule has 0 radical (unpaired) electrons. The highest BCUT2D eigenvalue weighted by atomic mass is 32.2. The van der Waals surface area contributed by atoms with E-state index in [1.54, 1.807) is 0 Å². The predicted molar refractivity (Wildman–Crippen MR) is 53.0 cm³/mol. The van der Waals surface area contributed by atoms with Crippen LogP contribution in [0.3, 0.4) is 0 Å². The number of thiocyanates is 1. The van der Waals surface area contributed by atoms with Crippen LogP contribution < -0.4 is 0 Å². The summed E-state index contributed by atoms with van der Waals surface area (Å²) in [7, 11) is 0. The molecule has 2 heteroatoms. The monoisotopic (exact) mass is 177 g/mol. The van der Waals surface area contributed by atoms with Gasteiger partial charge in [0.2, 0.25) is 0 Å². The largest absolute Gasteiger partial charge is 0.185 e. The molecule has 0 aliphatic carbocycles. The summed E-state index contributed by atoms with van der Waals surface area (Å²) in [5.41, 5.74) is 2.59. The van der Waals surface area contributed by atoms with Crippen LogP contribution in [0.25, 0.3) is 0 Å². The Bertz CT molecular complexity index is 271. The molecule has 1 aromatic carbocycles. The molecule has 1 nitrogen and oxygen atoms in total. The van der Waals surface area contributed by atoms with Crippen LogP contribution in [-0.2, 0) is 6.42 Å². The average molecular weight is 177 g/mol.